The molecule has 0 bridgehead atoms. The predicted octanol–water partition coefficient (Wildman–Crippen LogP) is 1.96. The molecule has 1 fully saturated rings. The van der Waals surface area contributed by atoms with Crippen molar-refractivity contribution in [3.63, 3.8) is 0 Å². The van der Waals surface area contributed by atoms with Crippen molar-refractivity contribution in [3.05, 3.63) is 29.8 Å². The van der Waals surface area contributed by atoms with Crippen LogP contribution in [0.15, 0.2) is 18.5 Å². The first-order chi connectivity index (χ1) is 8.15. The van der Waals surface area contributed by atoms with E-state index in [2.05, 4.69) is 17.2 Å². The van der Waals surface area contributed by atoms with Crippen molar-refractivity contribution in [2.24, 2.45) is 0 Å². The van der Waals surface area contributed by atoms with Crippen LogP contribution in [0.25, 0.3) is 0 Å². The number of hydrogen-bond acceptors (Lipinski definition) is 3. The molecule has 0 spiro atoms. The van der Waals surface area contributed by atoms with Crippen molar-refractivity contribution in [1.82, 2.24) is 10.3 Å². The van der Waals surface area contributed by atoms with Gasteiger partial charge in [0, 0.05) is 17.8 Å². The minimum atomic E-state index is -1.01. The van der Waals surface area contributed by atoms with Crippen molar-refractivity contribution >= 4 is 0 Å². The third-order valence-corrected chi connectivity index (χ3v) is 3.58. The van der Waals surface area contributed by atoms with Gasteiger partial charge < -0.3 is 10.4 Å². The van der Waals surface area contributed by atoms with E-state index >= 15 is 0 Å². The van der Waals surface area contributed by atoms with E-state index in [4.69, 9.17) is 0 Å². The average Bonchev–Trinajstić information content (AvgIpc) is 2.33. The molecule has 94 valence electrons. The first-order valence-corrected chi connectivity index (χ1v) is 6.21. The van der Waals surface area contributed by atoms with Crippen LogP contribution < -0.4 is 5.32 Å². The van der Waals surface area contributed by atoms with E-state index in [-0.39, 0.29) is 0 Å². The fourth-order valence-corrected chi connectivity index (χ4v) is 2.61. The molecule has 0 radical (unpaired) electrons. The van der Waals surface area contributed by atoms with Crippen molar-refractivity contribution in [2.45, 2.75) is 44.2 Å². The van der Waals surface area contributed by atoms with Gasteiger partial charge in [0.2, 0.25) is 0 Å². The topological polar surface area (TPSA) is 45.1 Å². The second-order valence-corrected chi connectivity index (χ2v) is 4.72. The van der Waals surface area contributed by atoms with Crippen molar-refractivity contribution in [1.29, 1.82) is 0 Å². The van der Waals surface area contributed by atoms with Gasteiger partial charge in [-0.15, -0.1) is 0 Å². The van der Waals surface area contributed by atoms with Crippen molar-refractivity contribution < 1.29 is 9.50 Å². The van der Waals surface area contributed by atoms with Gasteiger partial charge in [-0.1, -0.05) is 6.92 Å². The molecule has 0 aromatic carbocycles. The average molecular weight is 238 g/mol. The lowest BCUT2D eigenvalue weighted by Gasteiger charge is -2.36. The fraction of sp³-hybridized carbons (Fsp3) is 0.615. The summed E-state index contributed by atoms with van der Waals surface area (Å²) < 4.78 is 13.6. The zero-order chi connectivity index (χ0) is 12.3. The Balaban J connectivity index is 2.10. The number of nitrogens with one attached hydrogen (secondary N) is 1. The standard InChI is InChI=1S/C13H19FN2O/c1-2-16-10-3-6-13(17,7-4-10)11-5-8-15-9-12(11)14/h5,8-10,16-17H,2-4,6-7H2,1H3. The fourth-order valence-electron chi connectivity index (χ4n) is 2.61. The molecule has 1 aliphatic rings. The Hall–Kier alpha value is -1.00. The maximum atomic E-state index is 13.6. The molecule has 0 aliphatic heterocycles. The third-order valence-electron chi connectivity index (χ3n) is 3.58. The van der Waals surface area contributed by atoms with Gasteiger partial charge in [-0.2, -0.15) is 0 Å². The summed E-state index contributed by atoms with van der Waals surface area (Å²) in [7, 11) is 0. The monoisotopic (exact) mass is 238 g/mol. The molecule has 2 rings (SSSR count). The second kappa shape index (κ2) is 5.10. The van der Waals surface area contributed by atoms with E-state index in [9.17, 15) is 9.50 Å². The summed E-state index contributed by atoms with van der Waals surface area (Å²) >= 11 is 0. The Morgan fingerprint density at radius 1 is 1.53 bits per heavy atom. The number of pyridine rings is 1. The van der Waals surface area contributed by atoms with Crippen LogP contribution in [0.3, 0.4) is 0 Å². The minimum absolute atomic E-state index is 0.391. The van der Waals surface area contributed by atoms with Crippen molar-refractivity contribution in [3.8, 4) is 0 Å². The molecule has 0 amide bonds. The summed E-state index contributed by atoms with van der Waals surface area (Å²) in [6.45, 7) is 3.01. The van der Waals surface area contributed by atoms with E-state index in [0.29, 0.717) is 24.4 Å². The van der Waals surface area contributed by atoms with E-state index in [1.54, 1.807) is 6.07 Å². The van der Waals surface area contributed by atoms with Gasteiger partial charge in [0.05, 0.1) is 11.8 Å². The van der Waals surface area contributed by atoms with E-state index < -0.39 is 11.4 Å². The molecule has 1 aromatic rings. The highest BCUT2D eigenvalue weighted by molar-refractivity contribution is 5.22. The molecular formula is C13H19FN2O. The zero-order valence-electron chi connectivity index (χ0n) is 10.1. The lowest BCUT2D eigenvalue weighted by atomic mass is 9.78. The lowest BCUT2D eigenvalue weighted by Crippen LogP contribution is -2.40. The van der Waals surface area contributed by atoms with Gasteiger partial charge in [-0.05, 0) is 38.3 Å². The molecule has 0 atom stereocenters. The Bertz CT molecular complexity index is 375. The molecule has 3 nitrogen and oxygen atoms in total. The number of rotatable bonds is 3. The SMILES string of the molecule is CCNC1CCC(O)(c2ccncc2F)CC1. The van der Waals surface area contributed by atoms with E-state index in [1.807, 2.05) is 0 Å². The third kappa shape index (κ3) is 2.64. The van der Waals surface area contributed by atoms with Crippen LogP contribution in [-0.2, 0) is 5.60 Å². The maximum Gasteiger partial charge on any atom is 0.147 e. The smallest absolute Gasteiger partial charge is 0.147 e. The van der Waals surface area contributed by atoms with Crippen LogP contribution in [0.4, 0.5) is 4.39 Å². The minimum Gasteiger partial charge on any atom is -0.385 e. The summed E-state index contributed by atoms with van der Waals surface area (Å²) in [5.74, 6) is -0.406. The Morgan fingerprint density at radius 3 is 2.82 bits per heavy atom. The highest BCUT2D eigenvalue weighted by Gasteiger charge is 2.36. The van der Waals surface area contributed by atoms with Gasteiger partial charge in [0.15, 0.2) is 0 Å². The van der Waals surface area contributed by atoms with Gasteiger partial charge in [0.25, 0.3) is 0 Å². The predicted molar refractivity (Wildman–Crippen MR) is 64.0 cm³/mol. The number of halogens is 1. The zero-order valence-corrected chi connectivity index (χ0v) is 10.1. The van der Waals surface area contributed by atoms with Gasteiger partial charge in [-0.25, -0.2) is 4.39 Å². The summed E-state index contributed by atoms with van der Waals surface area (Å²) in [5.41, 5.74) is -0.624. The maximum absolute atomic E-state index is 13.6. The summed E-state index contributed by atoms with van der Waals surface area (Å²) in [4.78, 5) is 3.72. The summed E-state index contributed by atoms with van der Waals surface area (Å²) in [6, 6.07) is 2.04. The molecule has 1 heterocycles. The van der Waals surface area contributed by atoms with Crippen LogP contribution in [0.5, 0.6) is 0 Å². The van der Waals surface area contributed by atoms with Crippen LogP contribution in [0, 0.1) is 5.82 Å². The molecule has 0 saturated heterocycles. The van der Waals surface area contributed by atoms with Crippen LogP contribution >= 0.6 is 0 Å². The van der Waals surface area contributed by atoms with Gasteiger partial charge in [0.1, 0.15) is 5.82 Å². The summed E-state index contributed by atoms with van der Waals surface area (Å²) in [6.07, 6.45) is 5.67. The normalized spacial score (nSPS) is 29.2. The molecule has 1 aromatic heterocycles. The van der Waals surface area contributed by atoms with E-state index in [1.165, 1.54) is 12.4 Å². The van der Waals surface area contributed by atoms with Gasteiger partial charge >= 0.3 is 0 Å². The van der Waals surface area contributed by atoms with Crippen LogP contribution in [0.1, 0.15) is 38.2 Å². The number of aromatic nitrogens is 1. The Labute approximate surface area is 101 Å². The molecule has 1 aliphatic carbocycles. The first kappa shape index (κ1) is 12.5. The number of hydrogen-bond donors (Lipinski definition) is 2. The highest BCUT2D eigenvalue weighted by Crippen LogP contribution is 2.37. The molecule has 2 N–H and O–H groups in total. The quantitative estimate of drug-likeness (QED) is 0.846. The van der Waals surface area contributed by atoms with E-state index in [0.717, 1.165) is 19.4 Å². The van der Waals surface area contributed by atoms with Gasteiger partial charge in [-0.3, -0.25) is 4.98 Å². The Morgan fingerprint density at radius 2 is 2.24 bits per heavy atom. The van der Waals surface area contributed by atoms with Crippen LogP contribution in [-0.4, -0.2) is 22.7 Å². The highest BCUT2D eigenvalue weighted by atomic mass is 19.1. The lowest BCUT2D eigenvalue weighted by molar-refractivity contribution is -0.0112. The second-order valence-electron chi connectivity index (χ2n) is 4.72. The largest absolute Gasteiger partial charge is 0.385 e. The number of nitrogens with zero attached hydrogens (tertiary/aromatic N) is 1. The first-order valence-electron chi connectivity index (χ1n) is 6.21. The molecular weight excluding hydrogens is 219 g/mol. The molecule has 17 heavy (non-hydrogen) atoms. The summed E-state index contributed by atoms with van der Waals surface area (Å²) in [5, 5.41) is 13.9. The molecule has 0 unspecified atom stereocenters. The van der Waals surface area contributed by atoms with Crippen LogP contribution in [0.2, 0.25) is 0 Å². The Kier molecular flexibility index (Phi) is 3.74. The molecule has 4 heteroatoms. The number of aliphatic hydroxyl groups is 1. The van der Waals surface area contributed by atoms with Crippen molar-refractivity contribution in [2.75, 3.05) is 6.54 Å². The molecule has 1 saturated carbocycles.